The van der Waals surface area contributed by atoms with Crippen molar-refractivity contribution in [2.75, 3.05) is 0 Å². The van der Waals surface area contributed by atoms with Gasteiger partial charge in [-0.25, -0.2) is 4.79 Å². The van der Waals surface area contributed by atoms with Gasteiger partial charge in [0.15, 0.2) is 0 Å². The minimum absolute atomic E-state index is 0.241. The van der Waals surface area contributed by atoms with E-state index in [1.165, 1.54) is 44.1 Å². The Labute approximate surface area is 200 Å². The maximum atomic E-state index is 11.1. The van der Waals surface area contributed by atoms with Crippen molar-refractivity contribution in [1.82, 2.24) is 0 Å². The molecule has 3 heteroatoms. The van der Waals surface area contributed by atoms with Crippen LogP contribution in [0, 0.1) is 29.6 Å². The van der Waals surface area contributed by atoms with Gasteiger partial charge in [0.2, 0.25) is 0 Å². The van der Waals surface area contributed by atoms with Gasteiger partial charge >= 0.3 is 5.97 Å². The molecule has 0 unspecified atom stereocenters. The van der Waals surface area contributed by atoms with Gasteiger partial charge in [0.1, 0.15) is 11.5 Å². The molecule has 7 rings (SSSR count). The Morgan fingerprint density at radius 1 is 0.765 bits per heavy atom. The second kappa shape index (κ2) is 8.37. The number of hydrogen-bond donors (Lipinski definition) is 1. The van der Waals surface area contributed by atoms with E-state index < -0.39 is 5.97 Å². The number of rotatable bonds is 4. The monoisotopic (exact) mass is 448 g/mol. The van der Waals surface area contributed by atoms with Crippen LogP contribution < -0.4 is 4.74 Å². The number of aromatic carboxylic acids is 1. The third-order valence-electron chi connectivity index (χ3n) is 8.06. The van der Waals surface area contributed by atoms with Gasteiger partial charge in [0.25, 0.3) is 0 Å². The molecule has 0 atom stereocenters. The first kappa shape index (κ1) is 21.1. The van der Waals surface area contributed by atoms with Crippen molar-refractivity contribution < 1.29 is 14.6 Å². The number of ether oxygens (including phenoxy) is 1. The molecule has 3 aromatic rings. The third-order valence-corrected chi connectivity index (χ3v) is 8.06. The molecule has 4 fully saturated rings. The summed E-state index contributed by atoms with van der Waals surface area (Å²) in [7, 11) is 0. The molecule has 3 nitrogen and oxygen atoms in total. The molecule has 0 radical (unpaired) electrons. The lowest BCUT2D eigenvalue weighted by atomic mass is 9.48. The Balaban J connectivity index is 1.13. The summed E-state index contributed by atoms with van der Waals surface area (Å²) >= 11 is 0. The molecule has 1 N–H and O–H groups in total. The summed E-state index contributed by atoms with van der Waals surface area (Å²) < 4.78 is 6.10. The second-order valence-corrected chi connectivity index (χ2v) is 10.5. The highest BCUT2D eigenvalue weighted by molar-refractivity contribution is 5.88. The predicted octanol–water partition coefficient (Wildman–Crippen LogP) is 7.04. The van der Waals surface area contributed by atoms with Crippen LogP contribution in [0.3, 0.4) is 0 Å². The standard InChI is InChI=1S/C31H28O3/c32-30(33)26-3-1-2-22(17-26)5-4-21-6-10-28(11-7-21)34-29-12-8-27(9-13-29)31-18-23-14-24(19-31)16-25(15-23)20-31/h1-3,6-13,17,23-25H,14-16,18-20H2,(H,32,33). The van der Waals surface area contributed by atoms with Gasteiger partial charge in [-0.1, -0.05) is 30.0 Å². The van der Waals surface area contributed by atoms with Crippen molar-refractivity contribution in [1.29, 1.82) is 0 Å². The highest BCUT2D eigenvalue weighted by Gasteiger charge is 2.51. The predicted molar refractivity (Wildman–Crippen MR) is 132 cm³/mol. The summed E-state index contributed by atoms with van der Waals surface area (Å²) in [5, 5.41) is 9.12. The van der Waals surface area contributed by atoms with Crippen LogP contribution in [0.5, 0.6) is 11.5 Å². The van der Waals surface area contributed by atoms with Crippen LogP contribution >= 0.6 is 0 Å². The van der Waals surface area contributed by atoms with Crippen LogP contribution in [0.2, 0.25) is 0 Å². The van der Waals surface area contributed by atoms with E-state index in [0.717, 1.165) is 34.8 Å². The van der Waals surface area contributed by atoms with Gasteiger partial charge in [-0.15, -0.1) is 0 Å². The lowest BCUT2D eigenvalue weighted by Crippen LogP contribution is -2.48. The number of carbonyl (C=O) groups is 1. The fourth-order valence-corrected chi connectivity index (χ4v) is 6.96. The number of carboxylic acids is 1. The van der Waals surface area contributed by atoms with E-state index in [2.05, 4.69) is 36.1 Å². The summed E-state index contributed by atoms with van der Waals surface area (Å²) in [5.74, 6) is 9.66. The molecule has 4 bridgehead atoms. The van der Waals surface area contributed by atoms with E-state index >= 15 is 0 Å². The molecule has 0 heterocycles. The molecule has 0 aliphatic heterocycles. The largest absolute Gasteiger partial charge is 0.478 e. The van der Waals surface area contributed by atoms with Gasteiger partial charge in [0.05, 0.1) is 5.56 Å². The van der Waals surface area contributed by atoms with Gasteiger partial charge in [-0.05, 0) is 122 Å². The number of benzene rings is 3. The molecule has 3 aromatic carbocycles. The lowest BCUT2D eigenvalue weighted by Gasteiger charge is -2.57. The van der Waals surface area contributed by atoms with E-state index in [4.69, 9.17) is 9.84 Å². The van der Waals surface area contributed by atoms with Crippen LogP contribution in [0.4, 0.5) is 0 Å². The Hall–Kier alpha value is -3.51. The maximum absolute atomic E-state index is 11.1. The zero-order valence-corrected chi connectivity index (χ0v) is 19.2. The molecule has 0 saturated heterocycles. The Morgan fingerprint density at radius 3 is 1.91 bits per heavy atom. The molecule has 0 spiro atoms. The van der Waals surface area contributed by atoms with Crippen molar-refractivity contribution in [3.8, 4) is 23.3 Å². The minimum Gasteiger partial charge on any atom is -0.478 e. The SMILES string of the molecule is O=C(O)c1cccc(C#Cc2ccc(Oc3ccc(C45CC6CC(CC(C6)C4)C5)cc3)cc2)c1. The lowest BCUT2D eigenvalue weighted by molar-refractivity contribution is -0.00520. The van der Waals surface area contributed by atoms with Crippen molar-refractivity contribution in [2.45, 2.75) is 43.9 Å². The summed E-state index contributed by atoms with van der Waals surface area (Å²) in [5.41, 5.74) is 3.70. The Morgan fingerprint density at radius 2 is 1.32 bits per heavy atom. The molecule has 4 aliphatic rings. The van der Waals surface area contributed by atoms with Crippen LogP contribution in [0.1, 0.15) is 65.6 Å². The summed E-state index contributed by atoms with van der Waals surface area (Å²) in [4.78, 5) is 11.1. The van der Waals surface area contributed by atoms with Crippen LogP contribution in [0.25, 0.3) is 0 Å². The van der Waals surface area contributed by atoms with Crippen LogP contribution in [-0.2, 0) is 5.41 Å². The Bertz CT molecular complexity index is 1240. The van der Waals surface area contributed by atoms with Crippen LogP contribution in [0.15, 0.2) is 72.8 Å². The average Bonchev–Trinajstić information content (AvgIpc) is 2.83. The van der Waals surface area contributed by atoms with E-state index in [-0.39, 0.29) is 5.56 Å². The van der Waals surface area contributed by atoms with Crippen molar-refractivity contribution in [3.63, 3.8) is 0 Å². The van der Waals surface area contributed by atoms with Gasteiger partial charge in [-0.3, -0.25) is 0 Å². The molecule has 4 aliphatic carbocycles. The molecular weight excluding hydrogens is 420 g/mol. The fraction of sp³-hybridized carbons (Fsp3) is 0.323. The second-order valence-electron chi connectivity index (χ2n) is 10.5. The topological polar surface area (TPSA) is 46.5 Å². The van der Waals surface area contributed by atoms with Gasteiger partial charge in [0, 0.05) is 11.1 Å². The summed E-state index contributed by atoms with van der Waals surface area (Å²) in [6.45, 7) is 0. The van der Waals surface area contributed by atoms with E-state index in [0.29, 0.717) is 11.0 Å². The van der Waals surface area contributed by atoms with Crippen LogP contribution in [-0.4, -0.2) is 11.1 Å². The molecular formula is C31H28O3. The maximum Gasteiger partial charge on any atom is 0.335 e. The first-order chi connectivity index (χ1) is 16.5. The first-order valence-electron chi connectivity index (χ1n) is 12.3. The smallest absolute Gasteiger partial charge is 0.335 e. The van der Waals surface area contributed by atoms with Crippen molar-refractivity contribution in [3.05, 3.63) is 95.1 Å². The number of carboxylic acid groups (broad SMARTS) is 1. The zero-order valence-electron chi connectivity index (χ0n) is 19.2. The fourth-order valence-electron chi connectivity index (χ4n) is 6.96. The first-order valence-corrected chi connectivity index (χ1v) is 12.3. The highest BCUT2D eigenvalue weighted by Crippen LogP contribution is 2.60. The average molecular weight is 449 g/mol. The molecule has 170 valence electrons. The van der Waals surface area contributed by atoms with Gasteiger partial charge < -0.3 is 9.84 Å². The van der Waals surface area contributed by atoms with E-state index in [9.17, 15) is 4.79 Å². The quantitative estimate of drug-likeness (QED) is 0.435. The normalized spacial score (nSPS) is 26.5. The van der Waals surface area contributed by atoms with Crippen molar-refractivity contribution in [2.24, 2.45) is 17.8 Å². The van der Waals surface area contributed by atoms with E-state index in [1.807, 2.05) is 30.3 Å². The molecule has 0 aromatic heterocycles. The Kier molecular flexibility index (Phi) is 5.18. The molecule has 0 amide bonds. The zero-order chi connectivity index (χ0) is 23.1. The van der Waals surface area contributed by atoms with Gasteiger partial charge in [-0.2, -0.15) is 0 Å². The molecule has 4 saturated carbocycles. The summed E-state index contributed by atoms with van der Waals surface area (Å²) in [6.07, 6.45) is 8.54. The highest BCUT2D eigenvalue weighted by atomic mass is 16.5. The number of hydrogen-bond acceptors (Lipinski definition) is 2. The van der Waals surface area contributed by atoms with Crippen molar-refractivity contribution >= 4 is 5.97 Å². The minimum atomic E-state index is -0.948. The third kappa shape index (κ3) is 4.10. The molecule has 34 heavy (non-hydrogen) atoms. The van der Waals surface area contributed by atoms with E-state index in [1.54, 1.807) is 18.2 Å². The summed E-state index contributed by atoms with van der Waals surface area (Å²) in [6, 6.07) is 23.2.